The molecule has 0 spiro atoms. The molecule has 2 N–H and O–H groups in total. The fraction of sp³-hybridized carbons (Fsp3) is 0.500. The van der Waals surface area contributed by atoms with Crippen molar-refractivity contribution in [2.45, 2.75) is 44.6 Å². The van der Waals surface area contributed by atoms with Gasteiger partial charge in [0.2, 0.25) is 5.91 Å². The molecule has 1 fully saturated rings. The molecule has 1 aromatic carbocycles. The summed E-state index contributed by atoms with van der Waals surface area (Å²) < 4.78 is 0. The summed E-state index contributed by atoms with van der Waals surface area (Å²) in [6.45, 7) is 2.12. The summed E-state index contributed by atoms with van der Waals surface area (Å²) in [5.74, 6) is 0.265. The van der Waals surface area contributed by atoms with Gasteiger partial charge < -0.3 is 10.4 Å². The van der Waals surface area contributed by atoms with Crippen molar-refractivity contribution >= 4 is 5.91 Å². The van der Waals surface area contributed by atoms with E-state index in [0.29, 0.717) is 6.42 Å². The van der Waals surface area contributed by atoms with E-state index in [1.54, 1.807) is 18.2 Å². The number of aromatic hydroxyl groups is 1. The maximum absolute atomic E-state index is 11.9. The molecule has 3 nitrogen and oxygen atoms in total. The van der Waals surface area contributed by atoms with Crippen LogP contribution in [0.15, 0.2) is 24.3 Å². The maximum atomic E-state index is 11.9. The van der Waals surface area contributed by atoms with Crippen LogP contribution in [-0.2, 0) is 11.2 Å². The van der Waals surface area contributed by atoms with Crippen LogP contribution < -0.4 is 5.32 Å². The Morgan fingerprint density at radius 1 is 1.47 bits per heavy atom. The van der Waals surface area contributed by atoms with E-state index in [1.807, 2.05) is 6.07 Å². The van der Waals surface area contributed by atoms with Crippen LogP contribution in [0.3, 0.4) is 0 Å². The van der Waals surface area contributed by atoms with Crippen LogP contribution in [0.1, 0.15) is 38.2 Å². The van der Waals surface area contributed by atoms with Gasteiger partial charge in [0.05, 0.1) is 6.42 Å². The topological polar surface area (TPSA) is 49.3 Å². The summed E-state index contributed by atoms with van der Waals surface area (Å²) >= 11 is 0. The molecule has 0 bridgehead atoms. The first-order valence-corrected chi connectivity index (χ1v) is 6.22. The van der Waals surface area contributed by atoms with Crippen molar-refractivity contribution in [1.82, 2.24) is 5.32 Å². The number of carbonyl (C=O) groups is 1. The Morgan fingerprint density at radius 3 is 2.76 bits per heavy atom. The van der Waals surface area contributed by atoms with Gasteiger partial charge >= 0.3 is 0 Å². The number of phenols is 1. The minimum absolute atomic E-state index is 0.0495. The van der Waals surface area contributed by atoms with Crippen LogP contribution in [0.5, 0.6) is 5.75 Å². The molecule has 1 aromatic rings. The Balaban J connectivity index is 1.93. The first kappa shape index (κ1) is 12.0. The quantitative estimate of drug-likeness (QED) is 0.839. The molecule has 1 saturated carbocycles. The maximum Gasteiger partial charge on any atom is 0.224 e. The van der Waals surface area contributed by atoms with Crippen LogP contribution in [0.2, 0.25) is 0 Å². The second kappa shape index (κ2) is 4.78. The average Bonchev–Trinajstić information content (AvgIpc) is 2.23. The zero-order valence-electron chi connectivity index (χ0n) is 10.2. The standard InChI is InChI=1S/C14H19NO2/c1-2-14(7-4-8-14)15-13(17)10-11-5-3-6-12(16)9-11/h3,5-6,9,16H,2,4,7-8,10H2,1H3,(H,15,17). The van der Waals surface area contributed by atoms with Crippen molar-refractivity contribution in [3.8, 4) is 5.75 Å². The fourth-order valence-electron chi connectivity index (χ4n) is 2.36. The Morgan fingerprint density at radius 2 is 2.24 bits per heavy atom. The molecule has 0 unspecified atom stereocenters. The van der Waals surface area contributed by atoms with Gasteiger partial charge in [0.1, 0.15) is 5.75 Å². The smallest absolute Gasteiger partial charge is 0.224 e. The first-order valence-electron chi connectivity index (χ1n) is 6.22. The molecular weight excluding hydrogens is 214 g/mol. The Bertz CT molecular complexity index is 405. The molecule has 1 aliphatic carbocycles. The Labute approximate surface area is 102 Å². The highest BCUT2D eigenvalue weighted by atomic mass is 16.3. The van der Waals surface area contributed by atoms with Gasteiger partial charge in [-0.3, -0.25) is 4.79 Å². The lowest BCUT2D eigenvalue weighted by molar-refractivity contribution is -0.123. The molecule has 92 valence electrons. The summed E-state index contributed by atoms with van der Waals surface area (Å²) in [4.78, 5) is 11.9. The monoisotopic (exact) mass is 233 g/mol. The molecule has 2 rings (SSSR count). The molecule has 1 amide bonds. The van der Waals surface area contributed by atoms with Gasteiger partial charge in [0.15, 0.2) is 0 Å². The van der Waals surface area contributed by atoms with Crippen molar-refractivity contribution in [3.63, 3.8) is 0 Å². The van der Waals surface area contributed by atoms with Crippen molar-refractivity contribution in [3.05, 3.63) is 29.8 Å². The summed E-state index contributed by atoms with van der Waals surface area (Å²) in [5, 5.41) is 12.5. The van der Waals surface area contributed by atoms with Gasteiger partial charge in [-0.25, -0.2) is 0 Å². The molecule has 0 aliphatic heterocycles. The molecule has 1 aliphatic rings. The lowest BCUT2D eigenvalue weighted by Gasteiger charge is -2.42. The third kappa shape index (κ3) is 2.78. The number of benzene rings is 1. The van der Waals surface area contributed by atoms with Gasteiger partial charge in [-0.1, -0.05) is 19.1 Å². The predicted octanol–water partition coefficient (Wildman–Crippen LogP) is 2.38. The lowest BCUT2D eigenvalue weighted by atomic mass is 9.75. The average molecular weight is 233 g/mol. The number of amides is 1. The second-order valence-corrected chi connectivity index (χ2v) is 4.88. The molecule has 0 aromatic heterocycles. The Hall–Kier alpha value is -1.51. The van der Waals surface area contributed by atoms with E-state index in [-0.39, 0.29) is 17.2 Å². The fourth-order valence-corrected chi connectivity index (χ4v) is 2.36. The van der Waals surface area contributed by atoms with Gasteiger partial charge in [-0.05, 0) is 43.4 Å². The number of hydrogen-bond acceptors (Lipinski definition) is 2. The highest BCUT2D eigenvalue weighted by Gasteiger charge is 2.36. The highest BCUT2D eigenvalue weighted by Crippen LogP contribution is 2.34. The normalized spacial score (nSPS) is 17.2. The minimum Gasteiger partial charge on any atom is -0.508 e. The lowest BCUT2D eigenvalue weighted by Crippen LogP contribution is -2.53. The third-order valence-electron chi connectivity index (χ3n) is 3.67. The zero-order valence-corrected chi connectivity index (χ0v) is 10.2. The molecule has 0 atom stereocenters. The number of phenolic OH excluding ortho intramolecular Hbond substituents is 1. The Kier molecular flexibility index (Phi) is 3.36. The van der Waals surface area contributed by atoms with Crippen LogP contribution in [0, 0.1) is 0 Å². The summed E-state index contributed by atoms with van der Waals surface area (Å²) in [6.07, 6.45) is 4.74. The molecule has 0 radical (unpaired) electrons. The molecule has 0 heterocycles. The second-order valence-electron chi connectivity index (χ2n) is 4.88. The minimum atomic E-state index is 0.0495. The van der Waals surface area contributed by atoms with Crippen LogP contribution >= 0.6 is 0 Å². The van der Waals surface area contributed by atoms with Crippen molar-refractivity contribution in [2.75, 3.05) is 0 Å². The van der Waals surface area contributed by atoms with Crippen LogP contribution in [0.25, 0.3) is 0 Å². The van der Waals surface area contributed by atoms with Gasteiger partial charge in [-0.2, -0.15) is 0 Å². The largest absolute Gasteiger partial charge is 0.508 e. The predicted molar refractivity (Wildman–Crippen MR) is 66.8 cm³/mol. The van der Waals surface area contributed by atoms with Crippen LogP contribution in [0.4, 0.5) is 0 Å². The first-order chi connectivity index (χ1) is 8.13. The number of rotatable bonds is 4. The van der Waals surface area contributed by atoms with Crippen molar-refractivity contribution < 1.29 is 9.90 Å². The van der Waals surface area contributed by atoms with Gasteiger partial charge in [0.25, 0.3) is 0 Å². The van der Waals surface area contributed by atoms with E-state index < -0.39 is 0 Å². The van der Waals surface area contributed by atoms with E-state index in [9.17, 15) is 9.90 Å². The van der Waals surface area contributed by atoms with E-state index >= 15 is 0 Å². The van der Waals surface area contributed by atoms with Gasteiger partial charge in [-0.15, -0.1) is 0 Å². The molecular formula is C14H19NO2. The summed E-state index contributed by atoms with van der Waals surface area (Å²) in [7, 11) is 0. The number of hydrogen-bond donors (Lipinski definition) is 2. The molecule has 3 heteroatoms. The highest BCUT2D eigenvalue weighted by molar-refractivity contribution is 5.79. The SMILES string of the molecule is CCC1(NC(=O)Cc2cccc(O)c2)CCC1. The summed E-state index contributed by atoms with van der Waals surface area (Å²) in [6, 6.07) is 6.87. The van der Waals surface area contributed by atoms with E-state index in [4.69, 9.17) is 0 Å². The number of nitrogens with one attached hydrogen (secondary N) is 1. The molecule has 0 saturated heterocycles. The third-order valence-corrected chi connectivity index (χ3v) is 3.67. The van der Waals surface area contributed by atoms with E-state index in [2.05, 4.69) is 12.2 Å². The van der Waals surface area contributed by atoms with E-state index in [1.165, 1.54) is 6.42 Å². The van der Waals surface area contributed by atoms with Gasteiger partial charge in [0, 0.05) is 5.54 Å². The van der Waals surface area contributed by atoms with Crippen molar-refractivity contribution in [2.24, 2.45) is 0 Å². The zero-order chi connectivity index (χ0) is 12.3. The summed E-state index contributed by atoms with van der Waals surface area (Å²) in [5.41, 5.74) is 0.904. The van der Waals surface area contributed by atoms with Crippen LogP contribution in [-0.4, -0.2) is 16.6 Å². The number of carbonyl (C=O) groups excluding carboxylic acids is 1. The van der Waals surface area contributed by atoms with E-state index in [0.717, 1.165) is 24.8 Å². The van der Waals surface area contributed by atoms with Crippen molar-refractivity contribution in [1.29, 1.82) is 0 Å². The molecule has 17 heavy (non-hydrogen) atoms.